The van der Waals surface area contributed by atoms with Crippen molar-refractivity contribution in [3.8, 4) is 0 Å². The molecule has 0 spiro atoms. The molecule has 0 bridgehead atoms. The molecule has 1 saturated heterocycles. The number of amides is 2. The van der Waals surface area contributed by atoms with Crippen LogP contribution in [0, 0.1) is 0 Å². The van der Waals surface area contributed by atoms with Crippen molar-refractivity contribution in [2.24, 2.45) is 0 Å². The maximum absolute atomic E-state index is 11.6. The van der Waals surface area contributed by atoms with Gasteiger partial charge in [-0.25, -0.2) is 9.59 Å². The normalized spacial score (nSPS) is 17.1. The molecule has 18 heavy (non-hydrogen) atoms. The Balaban J connectivity index is 2.17. The summed E-state index contributed by atoms with van der Waals surface area (Å²) in [5, 5.41) is 8.84. The van der Waals surface area contributed by atoms with Crippen LogP contribution in [-0.4, -0.2) is 54.1 Å². The van der Waals surface area contributed by atoms with Crippen molar-refractivity contribution in [3.05, 3.63) is 35.4 Å². The van der Waals surface area contributed by atoms with E-state index in [4.69, 9.17) is 5.11 Å². The van der Waals surface area contributed by atoms with E-state index >= 15 is 0 Å². The second-order valence-corrected chi connectivity index (χ2v) is 4.67. The summed E-state index contributed by atoms with van der Waals surface area (Å²) < 4.78 is 0. The Morgan fingerprint density at radius 3 is 2.11 bits per heavy atom. The predicted octanol–water partition coefficient (Wildman–Crippen LogP) is 1.47. The van der Waals surface area contributed by atoms with Crippen molar-refractivity contribution < 1.29 is 14.7 Å². The highest BCUT2D eigenvalue weighted by Gasteiger charge is 2.27. The van der Waals surface area contributed by atoms with E-state index in [0.29, 0.717) is 13.1 Å². The number of urea groups is 1. The van der Waals surface area contributed by atoms with Gasteiger partial charge in [-0.15, -0.1) is 0 Å². The average molecular weight is 248 g/mol. The molecule has 96 valence electrons. The smallest absolute Gasteiger partial charge is 0.335 e. The molecular formula is C13H16N2O3. The maximum Gasteiger partial charge on any atom is 0.335 e. The van der Waals surface area contributed by atoms with E-state index in [1.165, 1.54) is 0 Å². The molecule has 1 aromatic rings. The quantitative estimate of drug-likeness (QED) is 0.862. The van der Waals surface area contributed by atoms with Crippen molar-refractivity contribution in [1.29, 1.82) is 0 Å². The number of benzene rings is 1. The number of carboxylic acids is 1. The molecule has 1 heterocycles. The lowest BCUT2D eigenvalue weighted by Crippen LogP contribution is -2.48. The Morgan fingerprint density at radius 2 is 1.67 bits per heavy atom. The van der Waals surface area contributed by atoms with E-state index in [9.17, 15) is 9.59 Å². The summed E-state index contributed by atoms with van der Waals surface area (Å²) in [6.45, 7) is 1.32. The first kappa shape index (κ1) is 12.4. The molecule has 1 aliphatic rings. The van der Waals surface area contributed by atoms with Crippen molar-refractivity contribution in [2.75, 3.05) is 27.2 Å². The summed E-state index contributed by atoms with van der Waals surface area (Å²) in [5.41, 5.74) is 1.35. The maximum atomic E-state index is 11.6. The van der Waals surface area contributed by atoms with Crippen molar-refractivity contribution in [3.63, 3.8) is 0 Å². The van der Waals surface area contributed by atoms with Gasteiger partial charge in [-0.05, 0) is 17.7 Å². The van der Waals surface area contributed by atoms with Gasteiger partial charge in [0, 0.05) is 33.1 Å². The van der Waals surface area contributed by atoms with E-state index in [-0.39, 0.29) is 17.5 Å². The molecule has 0 unspecified atom stereocenters. The first-order chi connectivity index (χ1) is 8.49. The fraction of sp³-hybridized carbons (Fsp3) is 0.385. The number of rotatable bonds is 2. The highest BCUT2D eigenvalue weighted by Crippen LogP contribution is 2.23. The Bertz CT molecular complexity index is 456. The molecule has 2 amide bonds. The molecule has 2 rings (SSSR count). The highest BCUT2D eigenvalue weighted by atomic mass is 16.4. The number of hydrogen-bond acceptors (Lipinski definition) is 2. The Labute approximate surface area is 106 Å². The molecule has 1 N–H and O–H groups in total. The predicted molar refractivity (Wildman–Crippen MR) is 66.8 cm³/mol. The molecule has 1 aliphatic heterocycles. The van der Waals surface area contributed by atoms with E-state index in [0.717, 1.165) is 5.56 Å². The van der Waals surface area contributed by atoms with Crippen LogP contribution in [-0.2, 0) is 0 Å². The van der Waals surface area contributed by atoms with Crippen LogP contribution in [0.5, 0.6) is 0 Å². The third-order valence-corrected chi connectivity index (χ3v) is 3.27. The molecule has 0 radical (unpaired) electrons. The molecule has 0 saturated carbocycles. The van der Waals surface area contributed by atoms with E-state index in [2.05, 4.69) is 0 Å². The number of carboxylic acid groups (broad SMARTS) is 1. The highest BCUT2D eigenvalue weighted by molar-refractivity contribution is 5.87. The zero-order valence-electron chi connectivity index (χ0n) is 10.5. The first-order valence-electron chi connectivity index (χ1n) is 5.78. The third kappa shape index (κ3) is 2.30. The number of carbonyl (C=O) groups excluding carboxylic acids is 1. The van der Waals surface area contributed by atoms with Crippen molar-refractivity contribution >= 4 is 12.0 Å². The average Bonchev–Trinajstić information content (AvgIpc) is 2.35. The van der Waals surface area contributed by atoms with Gasteiger partial charge in [0.25, 0.3) is 0 Å². The second kappa shape index (κ2) is 4.68. The van der Waals surface area contributed by atoms with E-state index < -0.39 is 5.97 Å². The fourth-order valence-corrected chi connectivity index (χ4v) is 2.28. The summed E-state index contributed by atoms with van der Waals surface area (Å²) in [4.78, 5) is 25.8. The molecular weight excluding hydrogens is 232 g/mol. The molecule has 5 heteroatoms. The number of hydrogen-bond donors (Lipinski definition) is 1. The summed E-state index contributed by atoms with van der Waals surface area (Å²) >= 11 is 0. The summed E-state index contributed by atoms with van der Waals surface area (Å²) in [7, 11) is 3.55. The van der Waals surface area contributed by atoms with Crippen molar-refractivity contribution in [2.45, 2.75) is 5.92 Å². The van der Waals surface area contributed by atoms with Gasteiger partial charge in [-0.3, -0.25) is 0 Å². The third-order valence-electron chi connectivity index (χ3n) is 3.27. The Kier molecular flexibility index (Phi) is 3.23. The summed E-state index contributed by atoms with van der Waals surface area (Å²) in [5.74, 6) is -0.699. The van der Waals surface area contributed by atoms with Gasteiger partial charge in [0.05, 0.1) is 5.56 Å². The topological polar surface area (TPSA) is 60.9 Å². The SMILES string of the molecule is CN1CC(c2ccc(C(=O)O)cc2)CN(C)C1=O. The van der Waals surface area contributed by atoms with Crippen LogP contribution in [0.1, 0.15) is 21.8 Å². The lowest BCUT2D eigenvalue weighted by molar-refractivity contribution is 0.0697. The van der Waals surface area contributed by atoms with Crippen LogP contribution in [0.2, 0.25) is 0 Å². The van der Waals surface area contributed by atoms with Gasteiger partial charge in [-0.1, -0.05) is 12.1 Å². The number of carbonyl (C=O) groups is 2. The monoisotopic (exact) mass is 248 g/mol. The van der Waals surface area contributed by atoms with Crippen molar-refractivity contribution in [1.82, 2.24) is 9.80 Å². The van der Waals surface area contributed by atoms with Gasteiger partial charge in [0.2, 0.25) is 0 Å². The minimum absolute atomic E-state index is 0.0217. The molecule has 0 aromatic heterocycles. The van der Waals surface area contributed by atoms with Crippen LogP contribution in [0.15, 0.2) is 24.3 Å². The van der Waals surface area contributed by atoms with Gasteiger partial charge in [0.1, 0.15) is 0 Å². The fourth-order valence-electron chi connectivity index (χ4n) is 2.28. The Hall–Kier alpha value is -2.04. The van der Waals surface area contributed by atoms with Crippen LogP contribution in [0.4, 0.5) is 4.79 Å². The Morgan fingerprint density at radius 1 is 1.17 bits per heavy atom. The number of nitrogens with zero attached hydrogens (tertiary/aromatic N) is 2. The van der Waals surface area contributed by atoms with E-state index in [1.807, 2.05) is 12.1 Å². The minimum atomic E-state index is -0.922. The number of aromatic carboxylic acids is 1. The van der Waals surface area contributed by atoms with E-state index in [1.54, 1.807) is 36.0 Å². The van der Waals surface area contributed by atoms with Gasteiger partial charge in [-0.2, -0.15) is 0 Å². The molecule has 5 nitrogen and oxygen atoms in total. The van der Waals surface area contributed by atoms with Gasteiger partial charge in [0.15, 0.2) is 0 Å². The first-order valence-corrected chi connectivity index (χ1v) is 5.78. The summed E-state index contributed by atoms with van der Waals surface area (Å²) in [6, 6.07) is 6.88. The van der Waals surface area contributed by atoms with Gasteiger partial charge >= 0.3 is 12.0 Å². The van der Waals surface area contributed by atoms with Crippen LogP contribution < -0.4 is 0 Å². The summed E-state index contributed by atoms with van der Waals surface area (Å²) in [6.07, 6.45) is 0. The lowest BCUT2D eigenvalue weighted by Gasteiger charge is -2.36. The second-order valence-electron chi connectivity index (χ2n) is 4.67. The molecule has 1 fully saturated rings. The zero-order valence-corrected chi connectivity index (χ0v) is 10.5. The van der Waals surface area contributed by atoms with Crippen LogP contribution >= 0.6 is 0 Å². The number of likely N-dealkylation sites (N-methyl/N-ethyl adjacent to an activating group) is 2. The molecule has 0 atom stereocenters. The van der Waals surface area contributed by atoms with Gasteiger partial charge < -0.3 is 14.9 Å². The molecule has 0 aliphatic carbocycles. The zero-order chi connectivity index (χ0) is 13.3. The van der Waals surface area contributed by atoms with Crippen LogP contribution in [0.3, 0.4) is 0 Å². The molecule has 1 aromatic carbocycles. The minimum Gasteiger partial charge on any atom is -0.478 e. The standard InChI is InChI=1S/C13H16N2O3/c1-14-7-11(8-15(2)13(14)18)9-3-5-10(6-4-9)12(16)17/h3-6,11H,7-8H2,1-2H3,(H,16,17). The lowest BCUT2D eigenvalue weighted by atomic mass is 9.95. The van der Waals surface area contributed by atoms with Crippen LogP contribution in [0.25, 0.3) is 0 Å². The largest absolute Gasteiger partial charge is 0.478 e.